The van der Waals surface area contributed by atoms with Crippen molar-refractivity contribution in [2.24, 2.45) is 23.5 Å². The molecule has 2 unspecified atom stereocenters. The van der Waals surface area contributed by atoms with Crippen molar-refractivity contribution in [3.8, 4) is 0 Å². The van der Waals surface area contributed by atoms with E-state index < -0.39 is 0 Å². The van der Waals surface area contributed by atoms with E-state index in [9.17, 15) is 4.79 Å². The van der Waals surface area contributed by atoms with Gasteiger partial charge in [0.2, 0.25) is 5.91 Å². The Balaban J connectivity index is 1.77. The van der Waals surface area contributed by atoms with Gasteiger partial charge in [0.1, 0.15) is 0 Å². The zero-order chi connectivity index (χ0) is 13.0. The topological polar surface area (TPSA) is 55.1 Å². The van der Waals surface area contributed by atoms with E-state index in [1.165, 1.54) is 38.5 Å². The molecule has 3 N–H and O–H groups in total. The van der Waals surface area contributed by atoms with Crippen molar-refractivity contribution in [2.45, 2.75) is 64.3 Å². The minimum atomic E-state index is 0.228. The average Bonchev–Trinajstić information content (AvgIpc) is 2.41. The summed E-state index contributed by atoms with van der Waals surface area (Å²) in [5.74, 6) is 1.94. The van der Waals surface area contributed by atoms with Crippen molar-refractivity contribution >= 4 is 5.91 Å². The third kappa shape index (κ3) is 3.71. The summed E-state index contributed by atoms with van der Waals surface area (Å²) < 4.78 is 0. The van der Waals surface area contributed by atoms with Crippen LogP contribution in [0, 0.1) is 17.8 Å². The third-order valence-corrected chi connectivity index (χ3v) is 4.85. The van der Waals surface area contributed by atoms with E-state index in [-0.39, 0.29) is 5.92 Å². The maximum Gasteiger partial charge on any atom is 0.223 e. The Kier molecular flexibility index (Phi) is 5.04. The first-order valence-electron chi connectivity index (χ1n) is 7.69. The van der Waals surface area contributed by atoms with Crippen molar-refractivity contribution < 1.29 is 4.79 Å². The third-order valence-electron chi connectivity index (χ3n) is 4.85. The summed E-state index contributed by atoms with van der Waals surface area (Å²) in [5, 5.41) is 3.27. The highest BCUT2D eigenvalue weighted by molar-refractivity contribution is 5.79. The fourth-order valence-electron chi connectivity index (χ4n) is 3.47. The van der Waals surface area contributed by atoms with Gasteiger partial charge in [0, 0.05) is 12.0 Å². The normalized spacial score (nSPS) is 37.2. The van der Waals surface area contributed by atoms with Crippen LogP contribution in [0.1, 0.15) is 58.3 Å². The molecule has 0 aromatic carbocycles. The molecule has 2 aliphatic rings. The van der Waals surface area contributed by atoms with Gasteiger partial charge in [-0.05, 0) is 63.3 Å². The van der Waals surface area contributed by atoms with E-state index in [4.69, 9.17) is 5.73 Å². The number of nitrogens with two attached hydrogens (primary N) is 1. The molecule has 3 nitrogen and oxygen atoms in total. The minimum Gasteiger partial charge on any atom is -0.353 e. The lowest BCUT2D eigenvalue weighted by Crippen LogP contribution is -2.42. The summed E-state index contributed by atoms with van der Waals surface area (Å²) in [7, 11) is 0. The summed E-state index contributed by atoms with van der Waals surface area (Å²) in [4.78, 5) is 12.3. The van der Waals surface area contributed by atoms with Gasteiger partial charge in [-0.25, -0.2) is 0 Å². The highest BCUT2D eigenvalue weighted by Crippen LogP contribution is 2.29. The summed E-state index contributed by atoms with van der Waals surface area (Å²) in [6.45, 7) is 3.05. The van der Waals surface area contributed by atoms with Crippen LogP contribution >= 0.6 is 0 Å². The summed E-state index contributed by atoms with van der Waals surface area (Å²) in [6, 6.07) is 0.437. The Morgan fingerprint density at radius 2 is 1.89 bits per heavy atom. The van der Waals surface area contributed by atoms with Crippen molar-refractivity contribution in [3.63, 3.8) is 0 Å². The van der Waals surface area contributed by atoms with Crippen LogP contribution in [0.3, 0.4) is 0 Å². The monoisotopic (exact) mass is 252 g/mol. The molecule has 0 aromatic heterocycles. The van der Waals surface area contributed by atoms with Gasteiger partial charge in [0.25, 0.3) is 0 Å². The van der Waals surface area contributed by atoms with Crippen LogP contribution in [0.2, 0.25) is 0 Å². The average molecular weight is 252 g/mol. The smallest absolute Gasteiger partial charge is 0.223 e. The first-order chi connectivity index (χ1) is 8.69. The van der Waals surface area contributed by atoms with E-state index in [1.807, 2.05) is 0 Å². The molecule has 2 aliphatic carbocycles. The zero-order valence-electron chi connectivity index (χ0n) is 11.7. The van der Waals surface area contributed by atoms with Crippen molar-refractivity contribution in [3.05, 3.63) is 0 Å². The van der Waals surface area contributed by atoms with Crippen molar-refractivity contribution in [2.75, 3.05) is 6.54 Å². The lowest BCUT2D eigenvalue weighted by atomic mass is 9.80. The van der Waals surface area contributed by atoms with Crippen LogP contribution in [0.4, 0.5) is 0 Å². The largest absolute Gasteiger partial charge is 0.353 e. The molecule has 0 heterocycles. The molecule has 0 radical (unpaired) electrons. The standard InChI is InChI=1S/C15H28N2O/c1-11-5-7-14(8-6-11)17-15(18)13-4-2-3-12(9-13)10-16/h11-14H,2-10,16H2,1H3,(H,17,18). The van der Waals surface area contributed by atoms with E-state index in [0.717, 1.165) is 25.3 Å². The van der Waals surface area contributed by atoms with Crippen LogP contribution in [0.5, 0.6) is 0 Å². The predicted octanol–water partition coefficient (Wildman–Crippen LogP) is 2.45. The fraction of sp³-hybridized carbons (Fsp3) is 0.933. The molecule has 1 amide bonds. The van der Waals surface area contributed by atoms with Crippen molar-refractivity contribution in [1.29, 1.82) is 0 Å². The van der Waals surface area contributed by atoms with Crippen molar-refractivity contribution in [1.82, 2.24) is 5.32 Å². The minimum absolute atomic E-state index is 0.228. The fourth-order valence-corrected chi connectivity index (χ4v) is 3.47. The molecular weight excluding hydrogens is 224 g/mol. The van der Waals surface area contributed by atoms with Gasteiger partial charge in [-0.2, -0.15) is 0 Å². The SMILES string of the molecule is CC1CCC(NC(=O)C2CCCC(CN)C2)CC1. The lowest BCUT2D eigenvalue weighted by molar-refractivity contribution is -0.127. The number of hydrogen-bond donors (Lipinski definition) is 2. The van der Waals surface area contributed by atoms with Gasteiger partial charge >= 0.3 is 0 Å². The zero-order valence-corrected chi connectivity index (χ0v) is 11.7. The van der Waals surface area contributed by atoms with Gasteiger partial charge in [0.05, 0.1) is 0 Å². The molecule has 104 valence electrons. The maximum atomic E-state index is 12.3. The number of rotatable bonds is 3. The second-order valence-corrected chi connectivity index (χ2v) is 6.43. The van der Waals surface area contributed by atoms with Crippen LogP contribution in [0.15, 0.2) is 0 Å². The predicted molar refractivity (Wildman–Crippen MR) is 74.1 cm³/mol. The first kappa shape index (κ1) is 13.9. The second-order valence-electron chi connectivity index (χ2n) is 6.43. The molecule has 0 aliphatic heterocycles. The lowest BCUT2D eigenvalue weighted by Gasteiger charge is -2.31. The Morgan fingerprint density at radius 1 is 1.17 bits per heavy atom. The number of carbonyl (C=O) groups excluding carboxylic acids is 1. The highest BCUT2D eigenvalue weighted by Gasteiger charge is 2.28. The van der Waals surface area contributed by atoms with E-state index >= 15 is 0 Å². The Morgan fingerprint density at radius 3 is 2.56 bits per heavy atom. The Bertz CT molecular complexity index is 272. The van der Waals surface area contributed by atoms with Crippen LogP contribution in [-0.2, 0) is 4.79 Å². The molecule has 0 spiro atoms. The van der Waals surface area contributed by atoms with E-state index in [1.54, 1.807) is 0 Å². The first-order valence-corrected chi connectivity index (χ1v) is 7.69. The molecule has 2 atom stereocenters. The van der Waals surface area contributed by atoms with Crippen LogP contribution in [0.25, 0.3) is 0 Å². The van der Waals surface area contributed by atoms with Gasteiger partial charge in [-0.15, -0.1) is 0 Å². The number of hydrogen-bond acceptors (Lipinski definition) is 2. The molecule has 2 saturated carbocycles. The van der Waals surface area contributed by atoms with Crippen LogP contribution in [-0.4, -0.2) is 18.5 Å². The maximum absolute atomic E-state index is 12.3. The number of carbonyl (C=O) groups is 1. The molecule has 3 heteroatoms. The molecule has 18 heavy (non-hydrogen) atoms. The summed E-state index contributed by atoms with van der Waals surface area (Å²) in [5.41, 5.74) is 5.73. The molecular formula is C15H28N2O. The Hall–Kier alpha value is -0.570. The molecule has 0 bridgehead atoms. The van der Waals surface area contributed by atoms with E-state index in [0.29, 0.717) is 17.9 Å². The van der Waals surface area contributed by atoms with Crippen LogP contribution < -0.4 is 11.1 Å². The molecule has 0 aromatic rings. The van der Waals surface area contributed by atoms with E-state index in [2.05, 4.69) is 12.2 Å². The highest BCUT2D eigenvalue weighted by atomic mass is 16.1. The van der Waals surface area contributed by atoms with Gasteiger partial charge in [-0.1, -0.05) is 13.3 Å². The molecule has 0 saturated heterocycles. The Labute approximate surface area is 111 Å². The van der Waals surface area contributed by atoms with Gasteiger partial charge in [0.15, 0.2) is 0 Å². The quantitative estimate of drug-likeness (QED) is 0.810. The summed E-state index contributed by atoms with van der Waals surface area (Å²) >= 11 is 0. The number of amides is 1. The summed E-state index contributed by atoms with van der Waals surface area (Å²) in [6.07, 6.45) is 9.31. The van der Waals surface area contributed by atoms with Gasteiger partial charge in [-0.3, -0.25) is 4.79 Å². The molecule has 2 fully saturated rings. The second kappa shape index (κ2) is 6.55. The number of nitrogens with one attached hydrogen (secondary N) is 1. The van der Waals surface area contributed by atoms with Gasteiger partial charge < -0.3 is 11.1 Å². The molecule has 2 rings (SSSR count).